The summed E-state index contributed by atoms with van der Waals surface area (Å²) in [5.74, 6) is -0.899. The van der Waals surface area contributed by atoms with Crippen LogP contribution in [0, 0.1) is 0 Å². The van der Waals surface area contributed by atoms with Crippen LogP contribution in [-0.4, -0.2) is 37.2 Å². The topological polar surface area (TPSA) is 78.9 Å². The standard InChI is InChI=1S/C74H124O6/c1-4-7-10-13-16-19-21-23-25-27-29-31-33-34-35-36-37-38-39-40-42-43-45-47-49-51-53-55-58-61-64-67-73(76)79-70-71(69-78-72(75)66-63-60-57-18-15-12-9-6-3)80-74(77)68-65-62-59-56-54-52-50-48-46-44-41-32-30-28-26-24-22-20-17-14-11-8-5-2/h7,10,16,19,22-25,28-31,34-35,37-38,40,42,45,47,71H,4-6,8-9,11-15,17-18,20-21,26-27,32-33,36,39,41,43-44,46,48-70H2,1-3H3/b10-7-,19-16-,24-22-,25-23-,30-28-,31-29-,35-34-,38-37-,42-40-,47-45-. The molecule has 0 fully saturated rings. The van der Waals surface area contributed by atoms with Crippen LogP contribution in [0.15, 0.2) is 122 Å². The second kappa shape index (κ2) is 67.3. The van der Waals surface area contributed by atoms with E-state index in [1.807, 2.05) is 0 Å². The molecule has 1 unspecified atom stereocenters. The minimum atomic E-state index is -0.786. The lowest BCUT2D eigenvalue weighted by Gasteiger charge is -2.18. The first-order valence-electron chi connectivity index (χ1n) is 33.5. The summed E-state index contributed by atoms with van der Waals surface area (Å²) in [5.41, 5.74) is 0. The molecular formula is C74H124O6. The number of ether oxygens (including phenoxy) is 3. The summed E-state index contributed by atoms with van der Waals surface area (Å²) >= 11 is 0. The van der Waals surface area contributed by atoms with Gasteiger partial charge in [0.25, 0.3) is 0 Å². The highest BCUT2D eigenvalue weighted by Crippen LogP contribution is 2.16. The van der Waals surface area contributed by atoms with Gasteiger partial charge in [-0.3, -0.25) is 14.4 Å². The molecule has 0 amide bonds. The van der Waals surface area contributed by atoms with Crippen molar-refractivity contribution in [1.29, 1.82) is 0 Å². The molecule has 456 valence electrons. The Labute approximate surface area is 494 Å². The van der Waals surface area contributed by atoms with Crippen molar-refractivity contribution >= 4 is 17.9 Å². The Morgan fingerprint density at radius 3 is 0.762 bits per heavy atom. The van der Waals surface area contributed by atoms with Crippen molar-refractivity contribution in [2.45, 2.75) is 316 Å². The zero-order valence-electron chi connectivity index (χ0n) is 52.3. The molecule has 80 heavy (non-hydrogen) atoms. The van der Waals surface area contributed by atoms with Gasteiger partial charge in [0.05, 0.1) is 0 Å². The van der Waals surface area contributed by atoms with Gasteiger partial charge in [-0.2, -0.15) is 0 Å². The van der Waals surface area contributed by atoms with Crippen molar-refractivity contribution in [2.24, 2.45) is 0 Å². The summed E-state index contributed by atoms with van der Waals surface area (Å²) in [6, 6.07) is 0. The minimum absolute atomic E-state index is 0.0832. The molecule has 0 aliphatic heterocycles. The van der Waals surface area contributed by atoms with Crippen LogP contribution >= 0.6 is 0 Å². The van der Waals surface area contributed by atoms with Crippen molar-refractivity contribution < 1.29 is 28.6 Å². The lowest BCUT2D eigenvalue weighted by Crippen LogP contribution is -2.30. The summed E-state index contributed by atoms with van der Waals surface area (Å²) in [6.07, 6.45) is 93.7. The molecule has 0 heterocycles. The zero-order valence-corrected chi connectivity index (χ0v) is 52.3. The lowest BCUT2D eigenvalue weighted by molar-refractivity contribution is -0.167. The van der Waals surface area contributed by atoms with Crippen molar-refractivity contribution in [1.82, 2.24) is 0 Å². The quantitative estimate of drug-likeness (QED) is 0.0261. The van der Waals surface area contributed by atoms with Gasteiger partial charge >= 0.3 is 17.9 Å². The van der Waals surface area contributed by atoms with Crippen LogP contribution in [-0.2, 0) is 28.6 Å². The van der Waals surface area contributed by atoms with E-state index in [4.69, 9.17) is 14.2 Å². The number of carbonyl (C=O) groups is 3. The predicted molar refractivity (Wildman–Crippen MR) is 348 cm³/mol. The first kappa shape index (κ1) is 75.8. The van der Waals surface area contributed by atoms with E-state index in [1.165, 1.54) is 141 Å². The molecule has 0 saturated carbocycles. The first-order chi connectivity index (χ1) is 39.5. The smallest absolute Gasteiger partial charge is 0.306 e. The fraction of sp³-hybridized carbons (Fsp3) is 0.689. The highest BCUT2D eigenvalue weighted by Gasteiger charge is 2.19. The van der Waals surface area contributed by atoms with Gasteiger partial charge in [0.1, 0.15) is 13.2 Å². The molecule has 0 bridgehead atoms. The van der Waals surface area contributed by atoms with Gasteiger partial charge in [-0.1, -0.05) is 296 Å². The van der Waals surface area contributed by atoms with Crippen LogP contribution in [0.5, 0.6) is 0 Å². The van der Waals surface area contributed by atoms with Crippen molar-refractivity contribution in [3.05, 3.63) is 122 Å². The maximum Gasteiger partial charge on any atom is 0.306 e. The van der Waals surface area contributed by atoms with E-state index < -0.39 is 6.10 Å². The van der Waals surface area contributed by atoms with E-state index >= 15 is 0 Å². The van der Waals surface area contributed by atoms with E-state index in [0.29, 0.717) is 19.3 Å². The zero-order chi connectivity index (χ0) is 57.8. The molecule has 0 aromatic rings. The maximum atomic E-state index is 12.9. The van der Waals surface area contributed by atoms with Crippen LogP contribution in [0.1, 0.15) is 310 Å². The Morgan fingerprint density at radius 2 is 0.487 bits per heavy atom. The second-order valence-electron chi connectivity index (χ2n) is 22.0. The number of carbonyl (C=O) groups excluding carboxylic acids is 3. The minimum Gasteiger partial charge on any atom is -0.462 e. The fourth-order valence-electron chi connectivity index (χ4n) is 9.20. The Morgan fingerprint density at radius 1 is 0.263 bits per heavy atom. The Hall–Kier alpha value is -4.19. The van der Waals surface area contributed by atoms with Crippen LogP contribution < -0.4 is 0 Å². The molecule has 0 aliphatic rings. The van der Waals surface area contributed by atoms with Gasteiger partial charge in [-0.25, -0.2) is 0 Å². The first-order valence-corrected chi connectivity index (χ1v) is 33.5. The summed E-state index contributed by atoms with van der Waals surface area (Å²) in [6.45, 7) is 6.49. The predicted octanol–water partition coefficient (Wildman–Crippen LogP) is 23.2. The number of allylic oxidation sites excluding steroid dienone is 20. The van der Waals surface area contributed by atoms with Crippen LogP contribution in [0.4, 0.5) is 0 Å². The highest BCUT2D eigenvalue weighted by molar-refractivity contribution is 5.71. The molecule has 1 atom stereocenters. The van der Waals surface area contributed by atoms with Crippen molar-refractivity contribution in [3.8, 4) is 0 Å². The van der Waals surface area contributed by atoms with Gasteiger partial charge in [0, 0.05) is 19.3 Å². The number of hydrogen-bond donors (Lipinski definition) is 0. The Bertz CT molecular complexity index is 1650. The molecule has 0 rings (SSSR count). The second-order valence-corrected chi connectivity index (χ2v) is 22.0. The number of rotatable bonds is 60. The van der Waals surface area contributed by atoms with Crippen molar-refractivity contribution in [2.75, 3.05) is 13.2 Å². The van der Waals surface area contributed by atoms with Crippen molar-refractivity contribution in [3.63, 3.8) is 0 Å². The largest absolute Gasteiger partial charge is 0.462 e. The monoisotopic (exact) mass is 1110 g/mol. The normalized spacial score (nSPS) is 12.9. The van der Waals surface area contributed by atoms with Gasteiger partial charge in [-0.15, -0.1) is 0 Å². The Balaban J connectivity index is 4.22. The average Bonchev–Trinajstić information content (AvgIpc) is 3.46. The number of esters is 3. The number of unbranched alkanes of at least 4 members (excludes halogenated alkanes) is 29. The SMILES string of the molecule is CC/C=C\C/C=C\C/C=C\C/C=C\C/C=C\C/C=C\C/C=C\C/C=C\CCCCCCCCC(=O)OCC(COC(=O)CCCCCCCCCC)OC(=O)CCCCCCCCCCCCC/C=C\C/C=C\CCCCCCC. The maximum absolute atomic E-state index is 12.9. The van der Waals surface area contributed by atoms with Gasteiger partial charge in [-0.05, 0) is 116 Å². The fourth-order valence-corrected chi connectivity index (χ4v) is 9.20. The third-order valence-electron chi connectivity index (χ3n) is 14.2. The molecule has 0 spiro atoms. The number of hydrogen-bond acceptors (Lipinski definition) is 6. The van der Waals surface area contributed by atoms with Crippen LogP contribution in [0.2, 0.25) is 0 Å². The molecule has 6 nitrogen and oxygen atoms in total. The van der Waals surface area contributed by atoms with E-state index in [2.05, 4.69) is 142 Å². The van der Waals surface area contributed by atoms with E-state index in [1.54, 1.807) is 0 Å². The molecule has 0 aromatic carbocycles. The van der Waals surface area contributed by atoms with Crippen LogP contribution in [0.3, 0.4) is 0 Å². The Kier molecular flexibility index (Phi) is 63.8. The molecule has 0 aromatic heterocycles. The van der Waals surface area contributed by atoms with Gasteiger partial charge in [0.2, 0.25) is 0 Å². The molecule has 0 aliphatic carbocycles. The highest BCUT2D eigenvalue weighted by atomic mass is 16.6. The summed E-state index contributed by atoms with van der Waals surface area (Å²) < 4.78 is 16.9. The van der Waals surface area contributed by atoms with Gasteiger partial charge < -0.3 is 14.2 Å². The molecule has 0 radical (unpaired) electrons. The lowest BCUT2D eigenvalue weighted by atomic mass is 10.0. The van der Waals surface area contributed by atoms with E-state index in [-0.39, 0.29) is 31.1 Å². The van der Waals surface area contributed by atoms with Gasteiger partial charge in [0.15, 0.2) is 6.10 Å². The average molecular weight is 1110 g/mol. The molecule has 0 N–H and O–H groups in total. The molecule has 0 saturated heterocycles. The van der Waals surface area contributed by atoms with E-state index in [9.17, 15) is 14.4 Å². The molecular weight excluding hydrogens is 985 g/mol. The third-order valence-corrected chi connectivity index (χ3v) is 14.2. The summed E-state index contributed by atoms with van der Waals surface area (Å²) in [5, 5.41) is 0. The summed E-state index contributed by atoms with van der Waals surface area (Å²) in [7, 11) is 0. The van der Waals surface area contributed by atoms with E-state index in [0.717, 1.165) is 128 Å². The summed E-state index contributed by atoms with van der Waals surface area (Å²) in [4.78, 5) is 38.2. The van der Waals surface area contributed by atoms with Crippen LogP contribution in [0.25, 0.3) is 0 Å². The third kappa shape index (κ3) is 64.6. The molecule has 6 heteroatoms.